The highest BCUT2D eigenvalue weighted by atomic mass is 35.5. The minimum atomic E-state index is -0.564. The van der Waals surface area contributed by atoms with E-state index in [1.807, 2.05) is 48.5 Å². The summed E-state index contributed by atoms with van der Waals surface area (Å²) in [6.45, 7) is 9.75. The smallest absolute Gasteiger partial charge is 0.229 e. The molecule has 1 heterocycles. The van der Waals surface area contributed by atoms with Gasteiger partial charge in [-0.2, -0.15) is 0 Å². The summed E-state index contributed by atoms with van der Waals surface area (Å²) in [6.07, 6.45) is 6.07. The van der Waals surface area contributed by atoms with Crippen molar-refractivity contribution in [1.82, 2.24) is 4.90 Å². The van der Waals surface area contributed by atoms with Crippen LogP contribution in [0.15, 0.2) is 61.2 Å². The first kappa shape index (κ1) is 26.5. The van der Waals surface area contributed by atoms with Crippen molar-refractivity contribution >= 4 is 34.9 Å². The number of carbonyl (C=O) groups excluding carboxylic acids is 2. The maximum Gasteiger partial charge on any atom is 0.229 e. The zero-order valence-electron chi connectivity index (χ0n) is 20.4. The SMILES string of the molecule is C=CCC1(C)CC(c2cccc(Cl)c2)C(c2ccc(Cl)cc2)N(C(CC)CCCC(C)=O)C1=O. The minimum absolute atomic E-state index is 0.0265. The molecule has 1 fully saturated rings. The second-order valence-electron chi connectivity index (χ2n) is 9.78. The third-order valence-electron chi connectivity index (χ3n) is 7.12. The standard InChI is InChI=1S/C29H35Cl2NO2/c1-5-17-29(4)19-26(22-10-8-11-24(31)18-22)27(21-13-15-23(30)16-14-21)32(28(29)34)25(6-2)12-7-9-20(3)33/h5,8,10-11,13-16,18,25-27H,1,6-7,9,12,17,19H2,2-4H3. The lowest BCUT2D eigenvalue weighted by atomic mass is 9.67. The number of Topliss-reactive ketones (excluding diaryl/α,β-unsaturated/α-hetero) is 1. The third kappa shape index (κ3) is 5.93. The van der Waals surface area contributed by atoms with Gasteiger partial charge in [0.2, 0.25) is 5.91 Å². The number of likely N-dealkylation sites (tertiary alicyclic amines) is 1. The van der Waals surface area contributed by atoms with Crippen molar-refractivity contribution in [2.24, 2.45) is 5.41 Å². The van der Waals surface area contributed by atoms with Crippen molar-refractivity contribution in [1.29, 1.82) is 0 Å². The van der Waals surface area contributed by atoms with Crippen molar-refractivity contribution in [2.75, 3.05) is 0 Å². The maximum atomic E-state index is 14.2. The fourth-order valence-corrected chi connectivity index (χ4v) is 5.74. The lowest BCUT2D eigenvalue weighted by Gasteiger charge is -2.52. The van der Waals surface area contributed by atoms with Crippen molar-refractivity contribution in [2.45, 2.75) is 77.3 Å². The number of rotatable bonds is 10. The summed E-state index contributed by atoms with van der Waals surface area (Å²) in [4.78, 5) is 27.9. The number of halogens is 2. The number of nitrogens with zero attached hydrogens (tertiary/aromatic N) is 1. The van der Waals surface area contributed by atoms with Crippen molar-refractivity contribution in [3.8, 4) is 0 Å². The van der Waals surface area contributed by atoms with Gasteiger partial charge in [-0.05, 0) is 74.4 Å². The van der Waals surface area contributed by atoms with Crippen LogP contribution >= 0.6 is 23.2 Å². The first-order valence-corrected chi connectivity index (χ1v) is 12.9. The molecular weight excluding hydrogens is 465 g/mol. The molecule has 2 aromatic carbocycles. The number of allylic oxidation sites excluding steroid dienone is 1. The van der Waals surface area contributed by atoms with E-state index in [9.17, 15) is 9.59 Å². The van der Waals surface area contributed by atoms with Crippen molar-refractivity contribution in [3.05, 3.63) is 82.4 Å². The van der Waals surface area contributed by atoms with Crippen LogP contribution in [0.2, 0.25) is 10.0 Å². The van der Waals surface area contributed by atoms with E-state index >= 15 is 0 Å². The molecule has 182 valence electrons. The zero-order valence-corrected chi connectivity index (χ0v) is 21.9. The average molecular weight is 501 g/mol. The summed E-state index contributed by atoms with van der Waals surface area (Å²) < 4.78 is 0. The topological polar surface area (TPSA) is 37.4 Å². The predicted octanol–water partition coefficient (Wildman–Crippen LogP) is 8.17. The van der Waals surface area contributed by atoms with Crippen molar-refractivity contribution < 1.29 is 9.59 Å². The van der Waals surface area contributed by atoms with E-state index in [0.717, 1.165) is 30.4 Å². The Morgan fingerprint density at radius 1 is 1.18 bits per heavy atom. The van der Waals surface area contributed by atoms with E-state index in [1.165, 1.54) is 0 Å². The Labute approximate surface area is 214 Å². The van der Waals surface area contributed by atoms with Crippen LogP contribution in [0.25, 0.3) is 0 Å². The van der Waals surface area contributed by atoms with Crippen LogP contribution in [-0.4, -0.2) is 22.6 Å². The van der Waals surface area contributed by atoms with E-state index in [4.69, 9.17) is 23.2 Å². The summed E-state index contributed by atoms with van der Waals surface area (Å²) >= 11 is 12.6. The normalized spacial score (nSPS) is 23.6. The van der Waals surface area contributed by atoms with Crippen LogP contribution in [0.5, 0.6) is 0 Å². The highest BCUT2D eigenvalue weighted by molar-refractivity contribution is 6.30. The van der Waals surface area contributed by atoms with E-state index in [1.54, 1.807) is 6.92 Å². The van der Waals surface area contributed by atoms with Crippen LogP contribution in [0.4, 0.5) is 0 Å². The summed E-state index contributed by atoms with van der Waals surface area (Å²) in [6, 6.07) is 15.7. The monoisotopic (exact) mass is 499 g/mol. The molecule has 0 bridgehead atoms. The molecule has 1 amide bonds. The number of hydrogen-bond donors (Lipinski definition) is 0. The van der Waals surface area contributed by atoms with Gasteiger partial charge in [-0.1, -0.05) is 67.4 Å². The molecule has 0 saturated carbocycles. The second-order valence-corrected chi connectivity index (χ2v) is 10.7. The lowest BCUT2D eigenvalue weighted by molar-refractivity contribution is -0.154. The molecule has 1 aliphatic rings. The summed E-state index contributed by atoms with van der Waals surface area (Å²) in [5.41, 5.74) is 1.62. The number of benzene rings is 2. The molecule has 3 nitrogen and oxygen atoms in total. The maximum absolute atomic E-state index is 14.2. The van der Waals surface area contributed by atoms with Crippen LogP contribution in [-0.2, 0) is 9.59 Å². The largest absolute Gasteiger partial charge is 0.332 e. The van der Waals surface area contributed by atoms with Crippen LogP contribution < -0.4 is 0 Å². The number of amides is 1. The van der Waals surface area contributed by atoms with E-state index in [0.29, 0.717) is 29.3 Å². The Hall–Kier alpha value is -2.10. The van der Waals surface area contributed by atoms with Gasteiger partial charge in [-0.3, -0.25) is 4.79 Å². The highest BCUT2D eigenvalue weighted by Crippen LogP contribution is 2.52. The second kappa shape index (κ2) is 11.6. The summed E-state index contributed by atoms with van der Waals surface area (Å²) in [5, 5.41) is 1.36. The molecule has 0 aliphatic carbocycles. The quantitative estimate of drug-likeness (QED) is 0.309. The minimum Gasteiger partial charge on any atom is -0.332 e. The van der Waals surface area contributed by atoms with Crippen molar-refractivity contribution in [3.63, 3.8) is 0 Å². The molecule has 2 aromatic rings. The highest BCUT2D eigenvalue weighted by Gasteiger charge is 2.50. The molecule has 5 heteroatoms. The fraction of sp³-hybridized carbons (Fsp3) is 0.448. The Bertz CT molecular complexity index is 1020. The number of piperidine rings is 1. The molecule has 1 aliphatic heterocycles. The first-order chi connectivity index (χ1) is 16.2. The van der Waals surface area contributed by atoms with E-state index in [2.05, 4.69) is 31.4 Å². The zero-order chi connectivity index (χ0) is 24.9. The fourth-order valence-electron chi connectivity index (χ4n) is 5.42. The molecule has 3 rings (SSSR count). The number of ketones is 1. The summed E-state index contributed by atoms with van der Waals surface area (Å²) in [5.74, 6) is 0.395. The molecule has 0 aromatic heterocycles. The lowest BCUT2D eigenvalue weighted by Crippen LogP contribution is -2.55. The molecule has 0 radical (unpaired) electrons. The number of carbonyl (C=O) groups is 2. The molecular formula is C29H35Cl2NO2. The third-order valence-corrected chi connectivity index (χ3v) is 7.60. The van der Waals surface area contributed by atoms with Gasteiger partial charge >= 0.3 is 0 Å². The molecule has 0 N–H and O–H groups in total. The Morgan fingerprint density at radius 3 is 2.47 bits per heavy atom. The van der Waals surface area contributed by atoms with Gasteiger partial charge in [0, 0.05) is 28.4 Å². The van der Waals surface area contributed by atoms with Gasteiger partial charge in [0.05, 0.1) is 11.5 Å². The van der Waals surface area contributed by atoms with Crippen LogP contribution in [0.3, 0.4) is 0 Å². The van der Waals surface area contributed by atoms with E-state index < -0.39 is 5.41 Å². The molecule has 0 spiro atoms. The Morgan fingerprint density at radius 2 is 1.88 bits per heavy atom. The van der Waals surface area contributed by atoms with Gasteiger partial charge < -0.3 is 9.69 Å². The predicted molar refractivity (Wildman–Crippen MR) is 141 cm³/mol. The average Bonchev–Trinajstić information content (AvgIpc) is 2.79. The number of hydrogen-bond acceptors (Lipinski definition) is 2. The Balaban J connectivity index is 2.15. The van der Waals surface area contributed by atoms with Gasteiger partial charge in [-0.25, -0.2) is 0 Å². The molecule has 4 atom stereocenters. The molecule has 34 heavy (non-hydrogen) atoms. The van der Waals surface area contributed by atoms with Gasteiger partial charge in [0.15, 0.2) is 0 Å². The van der Waals surface area contributed by atoms with Gasteiger partial charge in [-0.15, -0.1) is 6.58 Å². The van der Waals surface area contributed by atoms with Crippen LogP contribution in [0, 0.1) is 5.41 Å². The van der Waals surface area contributed by atoms with Gasteiger partial charge in [0.25, 0.3) is 0 Å². The first-order valence-electron chi connectivity index (χ1n) is 12.1. The van der Waals surface area contributed by atoms with E-state index in [-0.39, 0.29) is 29.7 Å². The van der Waals surface area contributed by atoms with Gasteiger partial charge in [0.1, 0.15) is 5.78 Å². The summed E-state index contributed by atoms with van der Waals surface area (Å²) in [7, 11) is 0. The molecule has 4 unspecified atom stereocenters. The van der Waals surface area contributed by atoms with Crippen LogP contribution in [0.1, 0.15) is 82.4 Å². The molecule has 1 saturated heterocycles. The Kier molecular flexibility index (Phi) is 9.01.